The number of thiophene rings is 1. The topological polar surface area (TPSA) is 195 Å². The van der Waals surface area contributed by atoms with E-state index in [0.29, 0.717) is 53.8 Å². The summed E-state index contributed by atoms with van der Waals surface area (Å²) in [5, 5.41) is 12.0. The molecule has 1 aliphatic carbocycles. The van der Waals surface area contributed by atoms with Crippen LogP contribution in [0.25, 0.3) is 11.3 Å². The van der Waals surface area contributed by atoms with Crippen molar-refractivity contribution in [3.05, 3.63) is 121 Å². The minimum Gasteiger partial charge on any atom is -0.384 e. The number of imide groups is 2. The fourth-order valence-corrected chi connectivity index (χ4v) is 12.3. The van der Waals surface area contributed by atoms with Gasteiger partial charge in [-0.2, -0.15) is 0 Å². The first kappa shape index (κ1) is 50.9. The number of aryl methyl sites for hydroxylation is 3. The third-order valence-corrected chi connectivity index (χ3v) is 16.2. The van der Waals surface area contributed by atoms with E-state index in [2.05, 4.69) is 53.9 Å². The molecule has 1 unspecified atom stereocenters. The third kappa shape index (κ3) is 10.7. The first-order valence-electron chi connectivity index (χ1n) is 25.3. The molecule has 3 aromatic carbocycles. The average molecular weight is 1010 g/mol. The van der Waals surface area contributed by atoms with Crippen molar-refractivity contribution < 1.29 is 28.8 Å². The van der Waals surface area contributed by atoms with Crippen molar-refractivity contribution in [1.29, 1.82) is 0 Å². The maximum atomic E-state index is 14.2. The van der Waals surface area contributed by atoms with Crippen molar-refractivity contribution in [2.24, 2.45) is 17.9 Å². The van der Waals surface area contributed by atoms with Crippen LogP contribution in [0.3, 0.4) is 0 Å². The van der Waals surface area contributed by atoms with Gasteiger partial charge in [-0.1, -0.05) is 58.0 Å². The number of hydrogen-bond acceptors (Lipinski definition) is 12. The molecule has 17 heteroatoms. The SMILES string of the molecule is Cc1c(NC(=O)c2cc3c(s2)CCCC3)cccc1-c1cn(C)c(=O)c(Nc2ccc([C@@H]3C(=O)N(CCC(C)(C)CC(C)(C)CCNc4cccc5c4C(=O)N(C4CCC(=O)NC4=O)C5=O)CCN3C)cc2)n1. The Morgan fingerprint density at radius 3 is 2.29 bits per heavy atom. The van der Waals surface area contributed by atoms with E-state index in [1.54, 1.807) is 42.8 Å². The molecular weight excluding hydrogens is 943 g/mol. The quantitative estimate of drug-likeness (QED) is 0.0696. The number of carbonyl (C=O) groups excluding carboxylic acids is 6. The fraction of sp³-hybridized carbons (Fsp3) is 0.429. The van der Waals surface area contributed by atoms with Crippen LogP contribution in [0.5, 0.6) is 0 Å². The minimum absolute atomic E-state index is 0.0415. The highest BCUT2D eigenvalue weighted by molar-refractivity contribution is 7.14. The lowest BCUT2D eigenvalue weighted by molar-refractivity contribution is -0.141. The van der Waals surface area contributed by atoms with E-state index in [0.717, 1.165) is 66.5 Å². The highest BCUT2D eigenvalue weighted by Gasteiger charge is 2.46. The molecule has 73 heavy (non-hydrogen) atoms. The summed E-state index contributed by atoms with van der Waals surface area (Å²) in [6.45, 7) is 13.3. The highest BCUT2D eigenvalue weighted by Crippen LogP contribution is 2.40. The minimum atomic E-state index is -1.03. The zero-order valence-electron chi connectivity index (χ0n) is 42.8. The molecule has 9 rings (SSSR count). The van der Waals surface area contributed by atoms with Crippen LogP contribution >= 0.6 is 11.3 Å². The van der Waals surface area contributed by atoms with E-state index in [9.17, 15) is 33.6 Å². The van der Waals surface area contributed by atoms with Gasteiger partial charge < -0.3 is 25.4 Å². The van der Waals surface area contributed by atoms with Crippen molar-refractivity contribution in [3.63, 3.8) is 0 Å². The molecule has 4 N–H and O–H groups in total. The molecule has 0 radical (unpaired) electrons. The zero-order valence-corrected chi connectivity index (χ0v) is 43.6. The van der Waals surface area contributed by atoms with Crippen molar-refractivity contribution in [1.82, 2.24) is 29.6 Å². The van der Waals surface area contributed by atoms with Gasteiger partial charge in [-0.15, -0.1) is 11.3 Å². The standard InChI is InChI=1S/C56H65N9O7S/c1-33-37(13-10-15-39(33)60-50(68)44-30-35-12-8-9-17-43(35)73-44)41-31-63(7)54(72)48(59-41)58-36-20-18-34(19-21-36)47-53(71)64(29-28-62(47)6)27-25-56(4,5)32-55(2,3)24-26-57-40-16-11-14-38-46(40)52(70)65(51(38)69)42-22-23-45(66)61-49(42)67/h10-11,13-16,18-21,30-31,42,47,57H,8-9,12,17,22-29,32H2,1-7H3,(H,58,59)(H,60,68)(H,61,66,67)/t42?,47-/m1/s1. The van der Waals surface area contributed by atoms with Crippen LogP contribution in [-0.2, 0) is 34.3 Å². The second kappa shape index (κ2) is 20.5. The van der Waals surface area contributed by atoms with E-state index in [4.69, 9.17) is 4.98 Å². The van der Waals surface area contributed by atoms with Crippen LogP contribution in [0.4, 0.5) is 22.9 Å². The number of nitrogens with zero attached hydrogens (tertiary/aromatic N) is 5. The molecule has 3 aliphatic heterocycles. The van der Waals surface area contributed by atoms with Crippen LogP contribution in [-0.4, -0.2) is 99.0 Å². The molecule has 0 saturated carbocycles. The number of carbonyl (C=O) groups is 6. The first-order chi connectivity index (χ1) is 34.8. The number of nitrogens with one attached hydrogen (secondary N) is 4. The summed E-state index contributed by atoms with van der Waals surface area (Å²) in [5.41, 5.74) is 6.15. The van der Waals surface area contributed by atoms with Gasteiger partial charge in [-0.25, -0.2) is 4.98 Å². The number of benzene rings is 3. The van der Waals surface area contributed by atoms with E-state index in [1.165, 1.54) is 15.0 Å². The molecule has 5 aromatic rings. The van der Waals surface area contributed by atoms with Gasteiger partial charge in [-0.05, 0) is 129 Å². The number of amides is 6. The molecule has 2 fully saturated rings. The van der Waals surface area contributed by atoms with Gasteiger partial charge in [0, 0.05) is 73.3 Å². The van der Waals surface area contributed by atoms with Gasteiger partial charge >= 0.3 is 0 Å². The number of piperidine rings is 1. The zero-order chi connectivity index (χ0) is 51.9. The Balaban J connectivity index is 0.795. The van der Waals surface area contributed by atoms with Crippen LogP contribution in [0, 0.1) is 17.8 Å². The monoisotopic (exact) mass is 1010 g/mol. The lowest BCUT2D eigenvalue weighted by Crippen LogP contribution is -2.54. The van der Waals surface area contributed by atoms with Crippen LogP contribution in [0.2, 0.25) is 0 Å². The van der Waals surface area contributed by atoms with Crippen molar-refractivity contribution in [3.8, 4) is 11.3 Å². The Morgan fingerprint density at radius 2 is 1.55 bits per heavy atom. The molecule has 382 valence electrons. The normalized spacial score (nSPS) is 18.4. The predicted molar refractivity (Wildman–Crippen MR) is 283 cm³/mol. The average Bonchev–Trinajstić information content (AvgIpc) is 3.89. The molecule has 5 heterocycles. The first-order valence-corrected chi connectivity index (χ1v) is 26.1. The summed E-state index contributed by atoms with van der Waals surface area (Å²) >= 11 is 1.58. The van der Waals surface area contributed by atoms with Gasteiger partial charge in [0.05, 0.1) is 21.7 Å². The number of anilines is 4. The van der Waals surface area contributed by atoms with Crippen molar-refractivity contribution in [2.45, 2.75) is 104 Å². The molecule has 16 nitrogen and oxygen atoms in total. The number of rotatable bonds is 16. The Labute approximate surface area is 429 Å². The predicted octanol–water partition coefficient (Wildman–Crippen LogP) is 8.24. The van der Waals surface area contributed by atoms with Crippen molar-refractivity contribution in [2.75, 3.05) is 49.2 Å². The van der Waals surface area contributed by atoms with Crippen molar-refractivity contribution >= 4 is 69.7 Å². The van der Waals surface area contributed by atoms with Gasteiger partial charge in [0.2, 0.25) is 17.7 Å². The van der Waals surface area contributed by atoms with E-state index < -0.39 is 35.7 Å². The fourth-order valence-electron chi connectivity index (χ4n) is 11.1. The summed E-state index contributed by atoms with van der Waals surface area (Å²) in [6, 6.07) is 18.9. The Bertz CT molecular complexity index is 3060. The highest BCUT2D eigenvalue weighted by atomic mass is 32.1. The maximum Gasteiger partial charge on any atom is 0.293 e. The molecule has 0 bridgehead atoms. The van der Waals surface area contributed by atoms with Gasteiger partial charge in [0.15, 0.2) is 5.82 Å². The Morgan fingerprint density at radius 1 is 0.836 bits per heavy atom. The largest absolute Gasteiger partial charge is 0.384 e. The summed E-state index contributed by atoms with van der Waals surface area (Å²) in [6.07, 6.45) is 8.64. The number of piperazine rings is 1. The maximum absolute atomic E-state index is 14.2. The van der Waals surface area contributed by atoms with Gasteiger partial charge in [0.1, 0.15) is 12.1 Å². The smallest absolute Gasteiger partial charge is 0.293 e. The van der Waals surface area contributed by atoms with Crippen LogP contribution in [0.15, 0.2) is 77.7 Å². The lowest BCUT2D eigenvalue weighted by Gasteiger charge is -2.41. The molecule has 4 aliphatic rings. The summed E-state index contributed by atoms with van der Waals surface area (Å²) in [7, 11) is 3.66. The molecular formula is C56H65N9O7S. The second-order valence-electron chi connectivity index (χ2n) is 21.7. The number of hydrogen-bond donors (Lipinski definition) is 4. The Hall–Kier alpha value is -6.98. The van der Waals surface area contributed by atoms with E-state index in [-0.39, 0.29) is 58.0 Å². The Kier molecular flexibility index (Phi) is 14.3. The number of aromatic nitrogens is 2. The van der Waals surface area contributed by atoms with Gasteiger partial charge in [-0.3, -0.25) is 48.7 Å². The lowest BCUT2D eigenvalue weighted by atomic mass is 9.71. The molecule has 2 atom stereocenters. The number of fused-ring (bicyclic) bond motifs is 2. The van der Waals surface area contributed by atoms with E-state index in [1.807, 2.05) is 67.4 Å². The van der Waals surface area contributed by atoms with Gasteiger partial charge in [0.25, 0.3) is 23.3 Å². The van der Waals surface area contributed by atoms with E-state index >= 15 is 0 Å². The molecule has 2 saturated heterocycles. The summed E-state index contributed by atoms with van der Waals surface area (Å²) in [4.78, 5) is 104. The molecule has 2 aromatic heterocycles. The molecule has 0 spiro atoms. The summed E-state index contributed by atoms with van der Waals surface area (Å²) in [5.74, 6) is -2.07. The summed E-state index contributed by atoms with van der Waals surface area (Å²) < 4.78 is 1.50. The van der Waals surface area contributed by atoms with Crippen LogP contribution < -0.4 is 26.8 Å². The molecule has 6 amide bonds. The third-order valence-electron chi connectivity index (χ3n) is 14.9. The van der Waals surface area contributed by atoms with Crippen LogP contribution in [0.1, 0.15) is 131 Å². The second-order valence-corrected chi connectivity index (χ2v) is 22.8. The number of likely N-dealkylation sites (N-methyl/N-ethyl adjacent to an activating group) is 1.